The Balaban J connectivity index is 2.36. The largest absolute Gasteiger partial charge is 0.506 e. The summed E-state index contributed by atoms with van der Waals surface area (Å²) in [5, 5.41) is 13.4. The van der Waals surface area contributed by atoms with E-state index in [2.05, 4.69) is 21.2 Å². The number of phenols is 1. The van der Waals surface area contributed by atoms with Crippen molar-refractivity contribution in [3.8, 4) is 5.75 Å². The molecule has 7 heteroatoms. The van der Waals surface area contributed by atoms with Crippen LogP contribution in [0.15, 0.2) is 16.6 Å². The van der Waals surface area contributed by atoms with E-state index in [1.165, 1.54) is 12.1 Å². The van der Waals surface area contributed by atoms with Crippen molar-refractivity contribution in [3.05, 3.63) is 27.2 Å². The highest BCUT2D eigenvalue weighted by Crippen LogP contribution is 2.40. The first-order valence-corrected chi connectivity index (χ1v) is 7.09. The van der Waals surface area contributed by atoms with Gasteiger partial charge in [-0.1, -0.05) is 17.7 Å². The fourth-order valence-electron chi connectivity index (χ4n) is 2.25. The molecule has 1 aromatic carbocycles. The molecule has 1 aromatic rings. The predicted octanol–water partition coefficient (Wildman–Crippen LogP) is 3.02. The van der Waals surface area contributed by atoms with Crippen molar-refractivity contribution in [2.75, 3.05) is 26.2 Å². The molecule has 2 N–H and O–H groups in total. The normalized spacial score (nSPS) is 18.8. The predicted molar refractivity (Wildman–Crippen MR) is 74.0 cm³/mol. The Labute approximate surface area is 123 Å². The summed E-state index contributed by atoms with van der Waals surface area (Å²) in [5.41, 5.74) is 0.202. The lowest BCUT2D eigenvalue weighted by Crippen LogP contribution is -2.46. The second-order valence-electron chi connectivity index (χ2n) is 4.36. The molecule has 1 saturated heterocycles. The monoisotopic (exact) mass is 354 g/mol. The van der Waals surface area contributed by atoms with E-state index < -0.39 is 12.5 Å². The summed E-state index contributed by atoms with van der Waals surface area (Å²) in [6, 6.07) is 1.86. The van der Waals surface area contributed by atoms with E-state index in [1.807, 2.05) is 0 Å². The Bertz CT molecular complexity index is 456. The van der Waals surface area contributed by atoms with Gasteiger partial charge >= 0.3 is 0 Å². The maximum atomic E-state index is 13.4. The molecule has 0 unspecified atom stereocenters. The molecule has 0 saturated carbocycles. The van der Waals surface area contributed by atoms with Crippen LogP contribution in [0.5, 0.6) is 5.75 Å². The Morgan fingerprint density at radius 1 is 1.32 bits per heavy atom. The van der Waals surface area contributed by atoms with E-state index in [4.69, 9.17) is 11.6 Å². The van der Waals surface area contributed by atoms with Crippen molar-refractivity contribution in [2.45, 2.75) is 12.5 Å². The van der Waals surface area contributed by atoms with Crippen LogP contribution in [0.4, 0.5) is 8.78 Å². The summed E-state index contributed by atoms with van der Waals surface area (Å²) in [5.74, 6) is -0.212. The number of phenolic OH excluding ortho intramolecular Hbond substituents is 1. The fourth-order valence-corrected chi connectivity index (χ4v) is 2.76. The van der Waals surface area contributed by atoms with Crippen LogP contribution >= 0.6 is 27.5 Å². The number of rotatable bonds is 3. The number of piperazine rings is 1. The van der Waals surface area contributed by atoms with Crippen molar-refractivity contribution < 1.29 is 13.9 Å². The Morgan fingerprint density at radius 3 is 2.53 bits per heavy atom. The number of aromatic hydroxyl groups is 1. The highest BCUT2D eigenvalue weighted by atomic mass is 79.9. The standard InChI is InChI=1S/C12H14BrClF2N2O/c13-9-8(14)2-1-7(11(9)19)10(12(15)16)18-5-3-17-4-6-18/h1-2,10,12,17,19H,3-6H2/t10-/m0/s1. The smallest absolute Gasteiger partial charge is 0.258 e. The quantitative estimate of drug-likeness (QED) is 0.875. The number of alkyl halides is 2. The maximum absolute atomic E-state index is 13.4. The molecule has 1 aliphatic rings. The summed E-state index contributed by atoms with van der Waals surface area (Å²) in [6.07, 6.45) is -2.57. The van der Waals surface area contributed by atoms with Crippen LogP contribution in [0.3, 0.4) is 0 Å². The first kappa shape index (κ1) is 15.0. The average Bonchev–Trinajstić information content (AvgIpc) is 2.40. The van der Waals surface area contributed by atoms with Crippen molar-refractivity contribution in [3.63, 3.8) is 0 Å². The van der Waals surface area contributed by atoms with Crippen molar-refractivity contribution in [1.82, 2.24) is 10.2 Å². The number of nitrogens with one attached hydrogen (secondary N) is 1. The summed E-state index contributed by atoms with van der Waals surface area (Å²) < 4.78 is 27.0. The van der Waals surface area contributed by atoms with Gasteiger partial charge in [0.15, 0.2) is 0 Å². The third-order valence-electron chi connectivity index (χ3n) is 3.20. The van der Waals surface area contributed by atoms with Crippen molar-refractivity contribution in [1.29, 1.82) is 0 Å². The number of halogens is 4. The second kappa shape index (κ2) is 6.35. The number of benzene rings is 1. The van der Waals surface area contributed by atoms with Gasteiger partial charge in [-0.15, -0.1) is 0 Å². The molecule has 1 atom stereocenters. The van der Waals surface area contributed by atoms with Gasteiger partial charge in [0.05, 0.1) is 9.50 Å². The molecule has 0 bridgehead atoms. The van der Waals surface area contributed by atoms with Crippen LogP contribution < -0.4 is 5.32 Å². The molecule has 19 heavy (non-hydrogen) atoms. The van der Waals surface area contributed by atoms with E-state index in [9.17, 15) is 13.9 Å². The van der Waals surface area contributed by atoms with Gasteiger partial charge in [-0.25, -0.2) is 8.78 Å². The van der Waals surface area contributed by atoms with Gasteiger partial charge < -0.3 is 10.4 Å². The number of nitrogens with zero attached hydrogens (tertiary/aromatic N) is 1. The SMILES string of the molecule is Oc1c([C@@H](C(F)F)N2CCNCC2)ccc(Cl)c1Br. The Kier molecular flexibility index (Phi) is 5.00. The zero-order chi connectivity index (χ0) is 14.0. The third kappa shape index (κ3) is 3.18. The summed E-state index contributed by atoms with van der Waals surface area (Å²) in [7, 11) is 0. The molecule has 1 heterocycles. The summed E-state index contributed by atoms with van der Waals surface area (Å²) in [6.45, 7) is 2.38. The molecule has 0 aromatic heterocycles. The summed E-state index contributed by atoms with van der Waals surface area (Å²) >= 11 is 8.95. The van der Waals surface area contributed by atoms with Crippen molar-refractivity contribution in [2.24, 2.45) is 0 Å². The minimum atomic E-state index is -2.57. The van der Waals surface area contributed by atoms with Gasteiger partial charge in [0.1, 0.15) is 11.8 Å². The average molecular weight is 356 g/mol. The first-order chi connectivity index (χ1) is 9.02. The van der Waals surface area contributed by atoms with E-state index in [0.717, 1.165) is 0 Å². The van der Waals surface area contributed by atoms with Crippen LogP contribution in [0, 0.1) is 0 Å². The second-order valence-corrected chi connectivity index (χ2v) is 5.56. The highest BCUT2D eigenvalue weighted by molar-refractivity contribution is 9.10. The number of hydrogen-bond acceptors (Lipinski definition) is 3. The van der Waals surface area contributed by atoms with Crippen LogP contribution in [-0.2, 0) is 0 Å². The molecule has 1 aliphatic heterocycles. The number of hydrogen-bond donors (Lipinski definition) is 2. The lowest BCUT2D eigenvalue weighted by Gasteiger charge is -2.35. The van der Waals surface area contributed by atoms with Gasteiger partial charge in [0, 0.05) is 31.7 Å². The Hall–Kier alpha value is -0.430. The van der Waals surface area contributed by atoms with E-state index in [1.54, 1.807) is 4.90 Å². The molecule has 3 nitrogen and oxygen atoms in total. The minimum Gasteiger partial charge on any atom is -0.506 e. The van der Waals surface area contributed by atoms with Gasteiger partial charge in [-0.2, -0.15) is 0 Å². The molecule has 1 fully saturated rings. The molecular formula is C12H14BrClF2N2O. The summed E-state index contributed by atoms with van der Waals surface area (Å²) in [4.78, 5) is 1.68. The third-order valence-corrected chi connectivity index (χ3v) is 4.55. The first-order valence-electron chi connectivity index (χ1n) is 5.92. The van der Waals surface area contributed by atoms with Crippen LogP contribution in [0.1, 0.15) is 11.6 Å². The minimum absolute atomic E-state index is 0.202. The van der Waals surface area contributed by atoms with E-state index >= 15 is 0 Å². The van der Waals surface area contributed by atoms with Crippen molar-refractivity contribution >= 4 is 27.5 Å². The van der Waals surface area contributed by atoms with Crippen LogP contribution in [0.2, 0.25) is 5.02 Å². The van der Waals surface area contributed by atoms with Gasteiger partial charge in [-0.05, 0) is 22.0 Å². The van der Waals surface area contributed by atoms with E-state index in [-0.39, 0.29) is 15.8 Å². The Morgan fingerprint density at radius 2 is 1.95 bits per heavy atom. The lowest BCUT2D eigenvalue weighted by molar-refractivity contribution is 0.0170. The molecule has 0 aliphatic carbocycles. The van der Waals surface area contributed by atoms with Gasteiger partial charge in [-0.3, -0.25) is 4.90 Å². The molecule has 0 radical (unpaired) electrons. The molecule has 106 valence electrons. The lowest BCUT2D eigenvalue weighted by atomic mass is 10.0. The fraction of sp³-hybridized carbons (Fsp3) is 0.500. The maximum Gasteiger partial charge on any atom is 0.258 e. The molecule has 0 amide bonds. The van der Waals surface area contributed by atoms with Crippen LogP contribution in [-0.4, -0.2) is 42.6 Å². The zero-order valence-corrected chi connectivity index (χ0v) is 12.4. The van der Waals surface area contributed by atoms with Gasteiger partial charge in [0.25, 0.3) is 6.43 Å². The molecule has 0 spiro atoms. The van der Waals surface area contributed by atoms with Gasteiger partial charge in [0.2, 0.25) is 0 Å². The topological polar surface area (TPSA) is 35.5 Å². The van der Waals surface area contributed by atoms with E-state index in [0.29, 0.717) is 31.2 Å². The highest BCUT2D eigenvalue weighted by Gasteiger charge is 2.32. The van der Waals surface area contributed by atoms with Crippen LogP contribution in [0.25, 0.3) is 0 Å². The molecule has 2 rings (SSSR count). The molecular weight excluding hydrogens is 341 g/mol. The zero-order valence-electron chi connectivity index (χ0n) is 10.0.